The summed E-state index contributed by atoms with van der Waals surface area (Å²) in [5.74, 6) is -0.501. The number of aromatic nitrogens is 2. The van der Waals surface area contributed by atoms with E-state index in [2.05, 4.69) is 17.2 Å². The molecule has 28 heavy (non-hydrogen) atoms. The van der Waals surface area contributed by atoms with Crippen LogP contribution in [0.15, 0.2) is 11.1 Å². The van der Waals surface area contributed by atoms with E-state index in [0.717, 1.165) is 29.7 Å². The fourth-order valence-electron chi connectivity index (χ4n) is 3.64. The number of nitrogens with one attached hydrogen (secondary N) is 1. The van der Waals surface area contributed by atoms with Crippen molar-refractivity contribution < 1.29 is 14.3 Å². The van der Waals surface area contributed by atoms with Crippen molar-refractivity contribution in [2.45, 2.75) is 72.1 Å². The zero-order valence-corrected chi connectivity index (χ0v) is 17.6. The molecule has 0 bridgehead atoms. The van der Waals surface area contributed by atoms with Crippen LogP contribution < -0.4 is 10.9 Å². The maximum absolute atomic E-state index is 12.7. The van der Waals surface area contributed by atoms with Crippen LogP contribution in [-0.4, -0.2) is 33.6 Å². The molecule has 3 atom stereocenters. The molecule has 1 N–H and O–H groups in total. The van der Waals surface area contributed by atoms with E-state index < -0.39 is 12.1 Å². The van der Waals surface area contributed by atoms with Gasteiger partial charge in [0.15, 0.2) is 6.10 Å². The molecule has 0 spiro atoms. The predicted octanol–water partition coefficient (Wildman–Crippen LogP) is 2.70. The summed E-state index contributed by atoms with van der Waals surface area (Å²) >= 11 is 1.46. The SMILES string of the molecule is Cc1sc2ncn(CC(=O)O[C@H](C)C(=O)N[C@H]3CCCC[C@@H]3C)c(=O)c2c1C. The number of rotatable bonds is 5. The van der Waals surface area contributed by atoms with Gasteiger partial charge >= 0.3 is 5.97 Å². The Balaban J connectivity index is 1.62. The Kier molecular flexibility index (Phi) is 6.17. The Morgan fingerprint density at radius 3 is 2.79 bits per heavy atom. The first kappa shape index (κ1) is 20.5. The van der Waals surface area contributed by atoms with E-state index in [1.165, 1.54) is 28.7 Å². The molecule has 1 aliphatic rings. The van der Waals surface area contributed by atoms with Gasteiger partial charge in [-0.15, -0.1) is 11.3 Å². The summed E-state index contributed by atoms with van der Waals surface area (Å²) in [6.07, 6.45) is 4.79. The third kappa shape index (κ3) is 4.27. The number of carbonyl (C=O) groups excluding carboxylic acids is 2. The second-order valence-electron chi connectivity index (χ2n) is 7.65. The molecule has 2 aromatic heterocycles. The van der Waals surface area contributed by atoms with Gasteiger partial charge in [0.25, 0.3) is 11.5 Å². The van der Waals surface area contributed by atoms with Gasteiger partial charge in [0, 0.05) is 10.9 Å². The Hall–Kier alpha value is -2.22. The lowest BCUT2D eigenvalue weighted by Crippen LogP contribution is -2.46. The molecule has 0 saturated heterocycles. The van der Waals surface area contributed by atoms with Crippen LogP contribution in [0.5, 0.6) is 0 Å². The van der Waals surface area contributed by atoms with Crippen LogP contribution in [0, 0.1) is 19.8 Å². The molecule has 0 radical (unpaired) electrons. The van der Waals surface area contributed by atoms with Gasteiger partial charge in [-0.25, -0.2) is 4.98 Å². The lowest BCUT2D eigenvalue weighted by atomic mass is 9.86. The number of ether oxygens (including phenoxy) is 1. The number of hydrogen-bond acceptors (Lipinski definition) is 6. The minimum absolute atomic E-state index is 0.126. The van der Waals surface area contributed by atoms with E-state index in [9.17, 15) is 14.4 Å². The summed E-state index contributed by atoms with van der Waals surface area (Å²) in [6.45, 7) is 7.22. The number of fused-ring (bicyclic) bond motifs is 1. The molecule has 0 aliphatic heterocycles. The van der Waals surface area contributed by atoms with Gasteiger partial charge in [0.05, 0.1) is 11.7 Å². The molecule has 152 valence electrons. The van der Waals surface area contributed by atoms with Crippen molar-refractivity contribution in [2.75, 3.05) is 0 Å². The standard InChI is InChI=1S/C20H27N3O4S/c1-11-7-5-6-8-15(11)22-18(25)13(3)27-16(24)9-23-10-21-19-17(20(23)26)12(2)14(4)28-19/h10-11,13,15H,5-9H2,1-4H3,(H,22,25)/t11-,13+,15-/m0/s1. The minimum atomic E-state index is -0.904. The molecule has 8 heteroatoms. The Morgan fingerprint density at radius 1 is 1.36 bits per heavy atom. The van der Waals surface area contributed by atoms with Gasteiger partial charge in [-0.05, 0) is 45.1 Å². The Morgan fingerprint density at radius 2 is 2.07 bits per heavy atom. The van der Waals surface area contributed by atoms with Crippen molar-refractivity contribution in [1.29, 1.82) is 0 Å². The monoisotopic (exact) mass is 405 g/mol. The van der Waals surface area contributed by atoms with Crippen molar-refractivity contribution in [3.8, 4) is 0 Å². The summed E-state index contributed by atoms with van der Waals surface area (Å²) in [7, 11) is 0. The number of aryl methyl sites for hydroxylation is 2. The summed E-state index contributed by atoms with van der Waals surface area (Å²) in [5.41, 5.74) is 0.617. The van der Waals surface area contributed by atoms with Gasteiger partial charge in [0.1, 0.15) is 11.4 Å². The van der Waals surface area contributed by atoms with Crippen molar-refractivity contribution >= 4 is 33.4 Å². The maximum Gasteiger partial charge on any atom is 0.326 e. The third-order valence-electron chi connectivity index (χ3n) is 5.57. The van der Waals surface area contributed by atoms with Crippen molar-refractivity contribution in [3.05, 3.63) is 27.1 Å². The first-order valence-corrected chi connectivity index (χ1v) is 10.5. The lowest BCUT2D eigenvalue weighted by Gasteiger charge is -2.30. The first-order chi connectivity index (χ1) is 13.3. The lowest BCUT2D eigenvalue weighted by molar-refractivity contribution is -0.155. The summed E-state index contributed by atoms with van der Waals surface area (Å²) in [5, 5.41) is 3.52. The number of hydrogen-bond donors (Lipinski definition) is 1. The van der Waals surface area contributed by atoms with Crippen molar-refractivity contribution in [1.82, 2.24) is 14.9 Å². The number of carbonyl (C=O) groups is 2. The molecule has 1 saturated carbocycles. The van der Waals surface area contributed by atoms with Gasteiger partial charge in [-0.3, -0.25) is 19.0 Å². The zero-order chi connectivity index (χ0) is 20.4. The molecular formula is C20H27N3O4S. The molecule has 3 rings (SSSR count). The van der Waals surface area contributed by atoms with Crippen LogP contribution >= 0.6 is 11.3 Å². The summed E-state index contributed by atoms with van der Waals surface area (Å²) < 4.78 is 6.49. The fraction of sp³-hybridized carbons (Fsp3) is 0.600. The summed E-state index contributed by atoms with van der Waals surface area (Å²) in [6, 6.07) is 0.126. The molecule has 0 unspecified atom stereocenters. The smallest absolute Gasteiger partial charge is 0.326 e. The number of nitrogens with zero attached hydrogens (tertiary/aromatic N) is 2. The third-order valence-corrected chi connectivity index (χ3v) is 6.69. The highest BCUT2D eigenvalue weighted by Gasteiger charge is 2.26. The average molecular weight is 406 g/mol. The van der Waals surface area contributed by atoms with Gasteiger partial charge < -0.3 is 10.1 Å². The zero-order valence-electron chi connectivity index (χ0n) is 16.8. The fourth-order valence-corrected chi connectivity index (χ4v) is 4.63. The molecule has 2 heterocycles. The molecule has 1 fully saturated rings. The van der Waals surface area contributed by atoms with Crippen LogP contribution in [0.2, 0.25) is 0 Å². The van der Waals surface area contributed by atoms with E-state index >= 15 is 0 Å². The first-order valence-electron chi connectivity index (χ1n) is 9.73. The second kappa shape index (κ2) is 8.43. The Bertz CT molecular complexity index is 949. The van der Waals surface area contributed by atoms with Crippen LogP contribution in [-0.2, 0) is 20.9 Å². The maximum atomic E-state index is 12.7. The van der Waals surface area contributed by atoms with Crippen molar-refractivity contribution in [2.24, 2.45) is 5.92 Å². The molecular weight excluding hydrogens is 378 g/mol. The predicted molar refractivity (Wildman–Crippen MR) is 108 cm³/mol. The van der Waals surface area contributed by atoms with Crippen LogP contribution in [0.25, 0.3) is 10.2 Å². The van der Waals surface area contributed by atoms with E-state index in [0.29, 0.717) is 16.1 Å². The summed E-state index contributed by atoms with van der Waals surface area (Å²) in [4.78, 5) is 43.3. The van der Waals surface area contributed by atoms with Crippen LogP contribution in [0.3, 0.4) is 0 Å². The largest absolute Gasteiger partial charge is 0.451 e. The number of amides is 1. The molecule has 7 nitrogen and oxygen atoms in total. The van der Waals surface area contributed by atoms with E-state index in [1.54, 1.807) is 6.92 Å². The highest BCUT2D eigenvalue weighted by atomic mass is 32.1. The quantitative estimate of drug-likeness (QED) is 0.773. The molecule has 1 amide bonds. The average Bonchev–Trinajstić information content (AvgIpc) is 2.94. The van der Waals surface area contributed by atoms with Gasteiger partial charge in [-0.2, -0.15) is 0 Å². The van der Waals surface area contributed by atoms with Crippen LogP contribution in [0.1, 0.15) is 50.0 Å². The van der Waals surface area contributed by atoms with Crippen LogP contribution in [0.4, 0.5) is 0 Å². The van der Waals surface area contributed by atoms with Gasteiger partial charge in [-0.1, -0.05) is 19.8 Å². The molecule has 2 aromatic rings. The van der Waals surface area contributed by atoms with Gasteiger partial charge in [0.2, 0.25) is 0 Å². The normalized spacial score (nSPS) is 20.7. The molecule has 0 aromatic carbocycles. The van der Waals surface area contributed by atoms with E-state index in [4.69, 9.17) is 4.74 Å². The molecule has 1 aliphatic carbocycles. The van der Waals surface area contributed by atoms with E-state index in [1.807, 2.05) is 13.8 Å². The number of thiophene rings is 1. The van der Waals surface area contributed by atoms with Crippen molar-refractivity contribution in [3.63, 3.8) is 0 Å². The topological polar surface area (TPSA) is 90.3 Å². The van der Waals surface area contributed by atoms with E-state index in [-0.39, 0.29) is 24.1 Å². The second-order valence-corrected chi connectivity index (χ2v) is 8.85. The number of esters is 1. The highest BCUT2D eigenvalue weighted by molar-refractivity contribution is 7.18. The minimum Gasteiger partial charge on any atom is -0.451 e. The highest BCUT2D eigenvalue weighted by Crippen LogP contribution is 2.25. The Labute approximate surface area is 168 Å².